The van der Waals surface area contributed by atoms with Crippen LogP contribution in [-0.4, -0.2) is 55.6 Å². The Balaban J connectivity index is 0.00000676. The van der Waals surface area contributed by atoms with Crippen molar-refractivity contribution < 1.29 is 9.53 Å². The summed E-state index contributed by atoms with van der Waals surface area (Å²) in [5.41, 5.74) is 0. The van der Waals surface area contributed by atoms with Crippen molar-refractivity contribution in [1.82, 2.24) is 15.5 Å². The number of hydrogen-bond donors (Lipinski definition) is 2. The summed E-state index contributed by atoms with van der Waals surface area (Å²) in [6, 6.07) is 9.80. The maximum Gasteiger partial charge on any atom is 0.224 e. The number of benzene rings is 1. The summed E-state index contributed by atoms with van der Waals surface area (Å²) < 4.78 is 5.97. The van der Waals surface area contributed by atoms with Crippen molar-refractivity contribution in [3.05, 3.63) is 30.3 Å². The van der Waals surface area contributed by atoms with E-state index in [1.807, 2.05) is 56.0 Å². The van der Waals surface area contributed by atoms with Gasteiger partial charge in [0.05, 0.1) is 6.54 Å². The number of carbonyl (C=O) groups is 1. The monoisotopic (exact) mass is 490 g/mol. The lowest BCUT2D eigenvalue weighted by Gasteiger charge is -2.19. The Morgan fingerprint density at radius 2 is 1.78 bits per heavy atom. The van der Waals surface area contributed by atoms with E-state index in [-0.39, 0.29) is 36.0 Å². The zero-order valence-corrected chi connectivity index (χ0v) is 19.4. The van der Waals surface area contributed by atoms with E-state index in [1.54, 1.807) is 0 Å². The molecule has 6 nitrogen and oxygen atoms in total. The first-order chi connectivity index (χ1) is 12.6. The van der Waals surface area contributed by atoms with Crippen molar-refractivity contribution >= 4 is 35.8 Å². The Morgan fingerprint density at radius 1 is 1.11 bits per heavy atom. The Labute approximate surface area is 181 Å². The summed E-state index contributed by atoms with van der Waals surface area (Å²) in [6.45, 7) is 11.5. The Kier molecular flexibility index (Phi) is 14.7. The van der Waals surface area contributed by atoms with E-state index >= 15 is 0 Å². The van der Waals surface area contributed by atoms with Gasteiger partial charge in [-0.3, -0.25) is 4.79 Å². The van der Waals surface area contributed by atoms with Crippen molar-refractivity contribution in [1.29, 1.82) is 0 Å². The number of guanidine groups is 1. The Bertz CT molecular complexity index is 536. The fourth-order valence-corrected chi connectivity index (χ4v) is 2.50. The van der Waals surface area contributed by atoms with Gasteiger partial charge in [0, 0.05) is 32.6 Å². The van der Waals surface area contributed by atoms with Gasteiger partial charge in [-0.2, -0.15) is 0 Å². The van der Waals surface area contributed by atoms with Gasteiger partial charge in [-0.15, -0.1) is 24.0 Å². The molecule has 7 heteroatoms. The minimum Gasteiger partial charge on any atom is -0.489 e. The summed E-state index contributed by atoms with van der Waals surface area (Å²) >= 11 is 0. The highest BCUT2D eigenvalue weighted by molar-refractivity contribution is 14.0. The molecule has 0 spiro atoms. The molecule has 1 atom stereocenters. The molecule has 0 aliphatic carbocycles. The van der Waals surface area contributed by atoms with Crippen LogP contribution in [-0.2, 0) is 4.79 Å². The van der Waals surface area contributed by atoms with E-state index in [9.17, 15) is 4.79 Å². The molecule has 154 valence electrons. The third-order valence-electron chi connectivity index (χ3n) is 4.05. The van der Waals surface area contributed by atoms with Crippen LogP contribution in [0.1, 0.15) is 40.5 Å². The number of para-hydroxylation sites is 1. The van der Waals surface area contributed by atoms with Crippen LogP contribution in [0.25, 0.3) is 0 Å². The molecule has 27 heavy (non-hydrogen) atoms. The van der Waals surface area contributed by atoms with E-state index in [2.05, 4.69) is 22.5 Å². The van der Waals surface area contributed by atoms with E-state index in [1.165, 1.54) is 0 Å². The number of rotatable bonds is 11. The Morgan fingerprint density at radius 3 is 2.33 bits per heavy atom. The molecule has 1 aromatic carbocycles. The van der Waals surface area contributed by atoms with E-state index in [0.29, 0.717) is 19.5 Å². The number of ether oxygens (including phenoxy) is 1. The average Bonchev–Trinajstić information content (AvgIpc) is 2.66. The molecule has 1 aromatic rings. The highest BCUT2D eigenvalue weighted by atomic mass is 127. The zero-order chi connectivity index (χ0) is 19.2. The first-order valence-electron chi connectivity index (χ1n) is 9.66. The lowest BCUT2D eigenvalue weighted by atomic mass is 10.2. The molecule has 0 saturated heterocycles. The predicted molar refractivity (Wildman–Crippen MR) is 123 cm³/mol. The second-order valence-corrected chi connectivity index (χ2v) is 5.92. The van der Waals surface area contributed by atoms with Gasteiger partial charge >= 0.3 is 0 Å². The molecular formula is C20H35IN4O2. The lowest BCUT2D eigenvalue weighted by molar-refractivity contribution is -0.130. The van der Waals surface area contributed by atoms with E-state index in [0.717, 1.165) is 37.8 Å². The Hall–Kier alpha value is -1.51. The van der Waals surface area contributed by atoms with Crippen molar-refractivity contribution in [2.45, 2.75) is 46.6 Å². The topological polar surface area (TPSA) is 66.0 Å². The molecule has 0 aliphatic rings. The predicted octanol–water partition coefficient (Wildman–Crippen LogP) is 3.28. The smallest absolute Gasteiger partial charge is 0.224 e. The van der Waals surface area contributed by atoms with Crippen LogP contribution in [0.3, 0.4) is 0 Å². The highest BCUT2D eigenvalue weighted by Gasteiger charge is 2.10. The third kappa shape index (κ3) is 10.4. The minimum atomic E-state index is 0. The maximum atomic E-state index is 12.1. The van der Waals surface area contributed by atoms with Crippen LogP contribution >= 0.6 is 24.0 Å². The quantitative estimate of drug-likeness (QED) is 0.284. The second kappa shape index (κ2) is 15.5. The third-order valence-corrected chi connectivity index (χ3v) is 4.05. The van der Waals surface area contributed by atoms with Gasteiger partial charge in [0.1, 0.15) is 11.9 Å². The molecule has 0 aliphatic heterocycles. The molecule has 0 bridgehead atoms. The second-order valence-electron chi connectivity index (χ2n) is 5.92. The van der Waals surface area contributed by atoms with Gasteiger partial charge in [-0.25, -0.2) is 4.99 Å². The molecule has 1 rings (SSSR count). The van der Waals surface area contributed by atoms with Crippen LogP contribution in [0.2, 0.25) is 0 Å². The minimum absolute atomic E-state index is 0. The molecule has 1 unspecified atom stereocenters. The molecular weight excluding hydrogens is 455 g/mol. The lowest BCUT2D eigenvalue weighted by Crippen LogP contribution is -2.40. The van der Waals surface area contributed by atoms with Crippen LogP contribution in [0.4, 0.5) is 0 Å². The van der Waals surface area contributed by atoms with Gasteiger partial charge in [-0.05, 0) is 39.3 Å². The number of hydrogen-bond acceptors (Lipinski definition) is 3. The molecule has 0 heterocycles. The maximum absolute atomic E-state index is 12.1. The highest BCUT2D eigenvalue weighted by Crippen LogP contribution is 2.12. The zero-order valence-electron chi connectivity index (χ0n) is 17.0. The molecule has 0 saturated carbocycles. The first kappa shape index (κ1) is 25.5. The van der Waals surface area contributed by atoms with Gasteiger partial charge in [0.15, 0.2) is 5.96 Å². The number of amides is 1. The summed E-state index contributed by atoms with van der Waals surface area (Å²) in [5.74, 6) is 1.74. The average molecular weight is 490 g/mol. The summed E-state index contributed by atoms with van der Waals surface area (Å²) in [6.07, 6.45) is 1.35. The van der Waals surface area contributed by atoms with Gasteiger partial charge < -0.3 is 20.3 Å². The van der Waals surface area contributed by atoms with Gasteiger partial charge in [0.25, 0.3) is 0 Å². The van der Waals surface area contributed by atoms with Crippen molar-refractivity contribution in [3.8, 4) is 5.75 Å². The van der Waals surface area contributed by atoms with Crippen molar-refractivity contribution in [3.63, 3.8) is 0 Å². The van der Waals surface area contributed by atoms with Gasteiger partial charge in [0.2, 0.25) is 5.91 Å². The standard InChI is InChI=1S/C20H34N4O2.HI/c1-5-17(26-18-12-10-9-11-13-18)16-23-20(21-6-2)22-15-14-19(25)24(7-3)8-4;/h9-13,17H,5-8,14-16H2,1-4H3,(H2,21,22,23);1H. The van der Waals surface area contributed by atoms with E-state index < -0.39 is 0 Å². The number of halogens is 1. The summed E-state index contributed by atoms with van der Waals surface area (Å²) in [4.78, 5) is 18.5. The number of nitrogens with zero attached hydrogens (tertiary/aromatic N) is 2. The normalized spacial score (nSPS) is 11.9. The van der Waals surface area contributed by atoms with Crippen LogP contribution in [0, 0.1) is 0 Å². The molecule has 2 N–H and O–H groups in total. The van der Waals surface area contributed by atoms with Crippen LogP contribution in [0.5, 0.6) is 5.75 Å². The SMILES string of the molecule is CCNC(=NCC(CC)Oc1ccccc1)NCCC(=O)N(CC)CC.I. The molecule has 0 aromatic heterocycles. The fourth-order valence-electron chi connectivity index (χ4n) is 2.50. The summed E-state index contributed by atoms with van der Waals surface area (Å²) in [5, 5.41) is 6.45. The number of aliphatic imine (C=N–C) groups is 1. The fraction of sp³-hybridized carbons (Fsp3) is 0.600. The van der Waals surface area contributed by atoms with Gasteiger partial charge in [-0.1, -0.05) is 25.1 Å². The molecule has 0 fully saturated rings. The number of carbonyl (C=O) groups excluding carboxylic acids is 1. The van der Waals surface area contributed by atoms with Crippen molar-refractivity contribution in [2.24, 2.45) is 4.99 Å². The van der Waals surface area contributed by atoms with Crippen LogP contribution < -0.4 is 15.4 Å². The van der Waals surface area contributed by atoms with Crippen LogP contribution in [0.15, 0.2) is 35.3 Å². The summed E-state index contributed by atoms with van der Waals surface area (Å²) in [7, 11) is 0. The first-order valence-corrected chi connectivity index (χ1v) is 9.66. The molecule has 1 amide bonds. The van der Waals surface area contributed by atoms with Crippen molar-refractivity contribution in [2.75, 3.05) is 32.7 Å². The molecule has 0 radical (unpaired) electrons. The van der Waals surface area contributed by atoms with E-state index in [4.69, 9.17) is 4.74 Å². The largest absolute Gasteiger partial charge is 0.489 e. The number of nitrogens with one attached hydrogen (secondary N) is 2.